The number of hydrogen-bond donors (Lipinski definition) is 1. The average molecular weight is 236 g/mol. The highest BCUT2D eigenvalue weighted by molar-refractivity contribution is 7.15. The zero-order chi connectivity index (χ0) is 11.0. The summed E-state index contributed by atoms with van der Waals surface area (Å²) < 4.78 is 5.71. The molecule has 86 valence electrons. The molecule has 2 aromatic rings. The van der Waals surface area contributed by atoms with Crippen LogP contribution in [0.1, 0.15) is 38.0 Å². The van der Waals surface area contributed by atoms with Crippen LogP contribution < -0.4 is 5.73 Å². The summed E-state index contributed by atoms with van der Waals surface area (Å²) in [6.07, 6.45) is 7.75. The van der Waals surface area contributed by atoms with Gasteiger partial charge in [0.15, 0.2) is 11.5 Å². The fourth-order valence-electron chi connectivity index (χ4n) is 2.53. The summed E-state index contributed by atoms with van der Waals surface area (Å²) in [6.45, 7) is 0. The van der Waals surface area contributed by atoms with Gasteiger partial charge in [-0.1, -0.05) is 19.3 Å². The molecule has 3 nitrogen and oxygen atoms in total. The molecule has 1 aliphatic rings. The van der Waals surface area contributed by atoms with Crippen molar-refractivity contribution < 1.29 is 4.42 Å². The standard InChI is InChI=1S/C12H16N2OS/c13-12-11-9(7-16-12)15-10(14-11)6-8-4-2-1-3-5-8/h7-8H,1-6,13H2. The third-order valence-electron chi connectivity index (χ3n) is 3.41. The highest BCUT2D eigenvalue weighted by atomic mass is 32.1. The van der Waals surface area contributed by atoms with Crippen molar-refractivity contribution >= 4 is 27.4 Å². The van der Waals surface area contributed by atoms with E-state index >= 15 is 0 Å². The second-order valence-corrected chi connectivity index (χ2v) is 5.54. The van der Waals surface area contributed by atoms with Crippen molar-refractivity contribution in [1.82, 2.24) is 4.98 Å². The Morgan fingerprint density at radius 1 is 1.38 bits per heavy atom. The lowest BCUT2D eigenvalue weighted by molar-refractivity contribution is 0.332. The van der Waals surface area contributed by atoms with E-state index in [0.29, 0.717) is 0 Å². The van der Waals surface area contributed by atoms with Gasteiger partial charge in [-0.15, -0.1) is 11.3 Å². The van der Waals surface area contributed by atoms with Gasteiger partial charge in [-0.25, -0.2) is 4.98 Å². The van der Waals surface area contributed by atoms with Crippen molar-refractivity contribution in [2.45, 2.75) is 38.5 Å². The molecule has 16 heavy (non-hydrogen) atoms. The first-order valence-electron chi connectivity index (χ1n) is 5.95. The molecule has 0 radical (unpaired) electrons. The Morgan fingerprint density at radius 2 is 2.19 bits per heavy atom. The first-order chi connectivity index (χ1) is 7.83. The summed E-state index contributed by atoms with van der Waals surface area (Å²) in [4.78, 5) is 4.49. The van der Waals surface area contributed by atoms with Crippen LogP contribution in [0.15, 0.2) is 9.80 Å². The molecular weight excluding hydrogens is 220 g/mol. The zero-order valence-corrected chi connectivity index (χ0v) is 10.1. The van der Waals surface area contributed by atoms with E-state index in [9.17, 15) is 0 Å². The zero-order valence-electron chi connectivity index (χ0n) is 9.24. The number of oxazole rings is 1. The topological polar surface area (TPSA) is 52.0 Å². The fourth-order valence-corrected chi connectivity index (χ4v) is 3.18. The van der Waals surface area contributed by atoms with Gasteiger partial charge in [0.25, 0.3) is 0 Å². The maximum absolute atomic E-state index is 5.82. The first-order valence-corrected chi connectivity index (χ1v) is 6.83. The number of aromatic nitrogens is 1. The number of fused-ring (bicyclic) bond motifs is 1. The highest BCUT2D eigenvalue weighted by Gasteiger charge is 2.18. The van der Waals surface area contributed by atoms with Crippen molar-refractivity contribution in [3.05, 3.63) is 11.3 Å². The molecule has 0 spiro atoms. The van der Waals surface area contributed by atoms with Crippen LogP contribution in [0.2, 0.25) is 0 Å². The van der Waals surface area contributed by atoms with Crippen LogP contribution in [-0.2, 0) is 6.42 Å². The first kappa shape index (κ1) is 10.1. The van der Waals surface area contributed by atoms with E-state index in [4.69, 9.17) is 10.2 Å². The molecule has 0 aliphatic heterocycles. The van der Waals surface area contributed by atoms with Crippen LogP contribution in [-0.4, -0.2) is 4.98 Å². The van der Waals surface area contributed by atoms with Crippen LogP contribution in [0.4, 0.5) is 5.00 Å². The molecule has 2 N–H and O–H groups in total. The molecule has 3 rings (SSSR count). The Bertz CT molecular complexity index is 482. The molecule has 1 saturated carbocycles. The molecule has 4 heteroatoms. The van der Waals surface area contributed by atoms with Crippen molar-refractivity contribution in [3.63, 3.8) is 0 Å². The van der Waals surface area contributed by atoms with Gasteiger partial charge >= 0.3 is 0 Å². The fraction of sp³-hybridized carbons (Fsp3) is 0.583. The normalized spacial score (nSPS) is 18.2. The quantitative estimate of drug-likeness (QED) is 0.866. The van der Waals surface area contributed by atoms with Crippen LogP contribution in [0.25, 0.3) is 11.1 Å². The van der Waals surface area contributed by atoms with Crippen molar-refractivity contribution in [2.24, 2.45) is 5.92 Å². The lowest BCUT2D eigenvalue weighted by Gasteiger charge is -2.19. The monoisotopic (exact) mass is 236 g/mol. The lowest BCUT2D eigenvalue weighted by atomic mass is 9.87. The minimum absolute atomic E-state index is 0.765. The maximum Gasteiger partial charge on any atom is 0.195 e. The number of hydrogen-bond acceptors (Lipinski definition) is 4. The van der Waals surface area contributed by atoms with Gasteiger partial charge in [0.2, 0.25) is 0 Å². The number of rotatable bonds is 2. The van der Waals surface area contributed by atoms with Gasteiger partial charge in [-0.3, -0.25) is 0 Å². The van der Waals surface area contributed by atoms with Crippen LogP contribution >= 0.6 is 11.3 Å². The molecule has 0 aromatic carbocycles. The Hall–Kier alpha value is -1.03. The number of anilines is 1. The minimum atomic E-state index is 0.765. The SMILES string of the molecule is Nc1scc2oc(CC3CCCCC3)nc12. The van der Waals surface area contributed by atoms with E-state index in [2.05, 4.69) is 4.98 Å². The summed E-state index contributed by atoms with van der Waals surface area (Å²) in [5.41, 5.74) is 7.53. The lowest BCUT2D eigenvalue weighted by Crippen LogP contribution is -2.09. The molecule has 0 saturated heterocycles. The average Bonchev–Trinajstić information content (AvgIpc) is 2.83. The molecular formula is C12H16N2OS. The maximum atomic E-state index is 5.82. The predicted octanol–water partition coefficient (Wildman–Crippen LogP) is 3.59. The second kappa shape index (κ2) is 4.09. The van der Waals surface area contributed by atoms with Gasteiger partial charge in [-0.05, 0) is 18.8 Å². The van der Waals surface area contributed by atoms with Crippen LogP contribution in [0.3, 0.4) is 0 Å². The number of nitrogen functional groups attached to an aromatic ring is 1. The molecule has 0 amide bonds. The highest BCUT2D eigenvalue weighted by Crippen LogP contribution is 2.31. The second-order valence-electron chi connectivity index (χ2n) is 4.63. The molecule has 2 aromatic heterocycles. The largest absolute Gasteiger partial charge is 0.440 e. The van der Waals surface area contributed by atoms with Crippen LogP contribution in [0.5, 0.6) is 0 Å². The third kappa shape index (κ3) is 1.82. The van der Waals surface area contributed by atoms with Crippen molar-refractivity contribution in [3.8, 4) is 0 Å². The third-order valence-corrected chi connectivity index (χ3v) is 4.19. The van der Waals surface area contributed by atoms with E-state index in [0.717, 1.165) is 34.3 Å². The van der Waals surface area contributed by atoms with E-state index in [1.807, 2.05) is 5.38 Å². The van der Waals surface area contributed by atoms with E-state index in [1.165, 1.54) is 43.4 Å². The Labute approximate surface area is 98.7 Å². The predicted molar refractivity (Wildman–Crippen MR) is 66.6 cm³/mol. The minimum Gasteiger partial charge on any atom is -0.440 e. The Kier molecular flexibility index (Phi) is 2.59. The molecule has 1 aliphatic carbocycles. The van der Waals surface area contributed by atoms with E-state index in [1.54, 1.807) is 0 Å². The van der Waals surface area contributed by atoms with Gasteiger partial charge in [-0.2, -0.15) is 0 Å². The summed E-state index contributed by atoms with van der Waals surface area (Å²) in [7, 11) is 0. The smallest absolute Gasteiger partial charge is 0.195 e. The molecule has 0 bridgehead atoms. The van der Waals surface area contributed by atoms with Crippen molar-refractivity contribution in [2.75, 3.05) is 5.73 Å². The molecule has 2 heterocycles. The summed E-state index contributed by atoms with van der Waals surface area (Å²) in [5, 5.41) is 2.72. The van der Waals surface area contributed by atoms with Gasteiger partial charge < -0.3 is 10.2 Å². The Balaban J connectivity index is 1.78. The van der Waals surface area contributed by atoms with Gasteiger partial charge in [0.05, 0.1) is 0 Å². The number of nitrogens with zero attached hydrogens (tertiary/aromatic N) is 1. The summed E-state index contributed by atoms with van der Waals surface area (Å²) >= 11 is 1.50. The molecule has 0 atom stereocenters. The van der Waals surface area contributed by atoms with Gasteiger partial charge in [0.1, 0.15) is 10.5 Å². The van der Waals surface area contributed by atoms with Crippen LogP contribution in [0, 0.1) is 5.92 Å². The Morgan fingerprint density at radius 3 is 2.94 bits per heavy atom. The summed E-state index contributed by atoms with van der Waals surface area (Å²) in [5.74, 6) is 1.64. The summed E-state index contributed by atoms with van der Waals surface area (Å²) in [6, 6.07) is 0. The molecule has 0 unspecified atom stereocenters. The molecule has 1 fully saturated rings. The number of thiophene rings is 1. The number of nitrogens with two attached hydrogens (primary N) is 1. The van der Waals surface area contributed by atoms with Gasteiger partial charge in [0, 0.05) is 11.8 Å². The van der Waals surface area contributed by atoms with E-state index < -0.39 is 0 Å². The van der Waals surface area contributed by atoms with E-state index in [-0.39, 0.29) is 0 Å². The van der Waals surface area contributed by atoms with Crippen molar-refractivity contribution in [1.29, 1.82) is 0 Å².